The molecule has 1 aromatic heterocycles. The number of hydrogen-bond acceptors (Lipinski definition) is 3. The molecule has 1 saturated heterocycles. The maximum absolute atomic E-state index is 13.4. The first kappa shape index (κ1) is 20.2. The van der Waals surface area contributed by atoms with Crippen LogP contribution in [0.25, 0.3) is 11.3 Å². The van der Waals surface area contributed by atoms with Gasteiger partial charge in [0.25, 0.3) is 5.91 Å². The highest BCUT2D eigenvalue weighted by Crippen LogP contribution is 2.51. The maximum atomic E-state index is 13.4. The first-order valence-electron chi connectivity index (χ1n) is 11.3. The summed E-state index contributed by atoms with van der Waals surface area (Å²) in [7, 11) is 0. The molecule has 5 nitrogen and oxygen atoms in total. The molecular weight excluding hydrogens is 393 g/mol. The zero-order valence-corrected chi connectivity index (χ0v) is 17.8. The summed E-state index contributed by atoms with van der Waals surface area (Å²) in [5, 5.41) is 3.09. The maximum Gasteiger partial charge on any atom is 0.253 e. The summed E-state index contributed by atoms with van der Waals surface area (Å²) in [5.74, 6) is 2.23. The Bertz CT molecular complexity index is 973. The highest BCUT2D eigenvalue weighted by atomic mass is 19.1. The third-order valence-electron chi connectivity index (χ3n) is 7.49. The van der Waals surface area contributed by atoms with Crippen LogP contribution in [0.3, 0.4) is 0 Å². The molecule has 5 rings (SSSR count). The summed E-state index contributed by atoms with van der Waals surface area (Å²) in [6, 6.07) is 9.79. The number of benzene rings is 1. The van der Waals surface area contributed by atoms with E-state index in [1.807, 2.05) is 0 Å². The highest BCUT2D eigenvalue weighted by Gasteiger charge is 2.54. The number of rotatable bonds is 4. The monoisotopic (exact) mass is 421 g/mol. The molecule has 0 radical (unpaired) electrons. The van der Waals surface area contributed by atoms with Crippen LogP contribution in [-0.4, -0.2) is 40.8 Å². The van der Waals surface area contributed by atoms with Crippen molar-refractivity contribution < 1.29 is 14.0 Å². The summed E-state index contributed by atoms with van der Waals surface area (Å²) in [6.45, 7) is 4.18. The normalized spacial score (nSPS) is 29.4. The van der Waals surface area contributed by atoms with Crippen molar-refractivity contribution in [3.05, 3.63) is 54.0 Å². The van der Waals surface area contributed by atoms with E-state index in [1.54, 1.807) is 24.3 Å². The van der Waals surface area contributed by atoms with Crippen molar-refractivity contribution in [2.75, 3.05) is 13.1 Å². The van der Waals surface area contributed by atoms with E-state index >= 15 is 0 Å². The Morgan fingerprint density at radius 2 is 1.81 bits per heavy atom. The zero-order valence-electron chi connectivity index (χ0n) is 17.8. The predicted octanol–water partition coefficient (Wildman–Crippen LogP) is 3.90. The van der Waals surface area contributed by atoms with Crippen LogP contribution in [0.5, 0.6) is 0 Å². The second-order valence-corrected chi connectivity index (χ2v) is 9.39. The Morgan fingerprint density at radius 1 is 1.06 bits per heavy atom. The minimum atomic E-state index is -0.314. The lowest BCUT2D eigenvalue weighted by molar-refractivity contribution is -0.136. The van der Waals surface area contributed by atoms with Gasteiger partial charge in [-0.3, -0.25) is 14.6 Å². The zero-order chi connectivity index (χ0) is 21.5. The first-order chi connectivity index (χ1) is 15.0. The quantitative estimate of drug-likeness (QED) is 0.815. The van der Waals surface area contributed by atoms with Gasteiger partial charge in [-0.25, -0.2) is 4.39 Å². The smallest absolute Gasteiger partial charge is 0.253 e. The molecular formula is C25H28FN3O2. The van der Waals surface area contributed by atoms with E-state index in [1.165, 1.54) is 18.3 Å². The third-order valence-corrected chi connectivity index (χ3v) is 7.49. The minimum absolute atomic E-state index is 0.0893. The van der Waals surface area contributed by atoms with E-state index < -0.39 is 0 Å². The Balaban J connectivity index is 1.12. The Morgan fingerprint density at radius 3 is 2.45 bits per heavy atom. The number of piperidine rings is 1. The summed E-state index contributed by atoms with van der Waals surface area (Å²) in [6.07, 6.45) is 4.86. The molecule has 1 aliphatic heterocycles. The van der Waals surface area contributed by atoms with Crippen molar-refractivity contribution in [1.82, 2.24) is 15.2 Å². The molecule has 2 saturated carbocycles. The van der Waals surface area contributed by atoms with E-state index in [-0.39, 0.29) is 23.7 Å². The average molecular weight is 422 g/mol. The molecule has 0 spiro atoms. The number of halogens is 1. The molecule has 0 bridgehead atoms. The molecule has 3 atom stereocenters. The lowest BCUT2D eigenvalue weighted by Crippen LogP contribution is -2.42. The van der Waals surface area contributed by atoms with Gasteiger partial charge in [-0.2, -0.15) is 0 Å². The summed E-state index contributed by atoms with van der Waals surface area (Å²) < 4.78 is 13.4. The fourth-order valence-corrected chi connectivity index (χ4v) is 5.36. The summed E-state index contributed by atoms with van der Waals surface area (Å²) in [4.78, 5) is 31.8. The van der Waals surface area contributed by atoms with E-state index in [0.717, 1.165) is 56.5 Å². The highest BCUT2D eigenvalue weighted by molar-refractivity contribution is 5.94. The number of pyridine rings is 1. The Hall–Kier alpha value is -2.76. The molecule has 2 aliphatic carbocycles. The second kappa shape index (κ2) is 8.06. The Kier molecular flexibility index (Phi) is 5.24. The second-order valence-electron chi connectivity index (χ2n) is 9.39. The number of hydrogen-bond donors (Lipinski definition) is 1. The van der Waals surface area contributed by atoms with Gasteiger partial charge in [-0.1, -0.05) is 19.1 Å². The van der Waals surface area contributed by atoms with Gasteiger partial charge < -0.3 is 10.2 Å². The van der Waals surface area contributed by atoms with Crippen molar-refractivity contribution in [2.24, 2.45) is 23.7 Å². The van der Waals surface area contributed by atoms with Gasteiger partial charge in [0.05, 0.1) is 11.3 Å². The van der Waals surface area contributed by atoms with Gasteiger partial charge in [0.1, 0.15) is 5.82 Å². The molecule has 3 aliphatic rings. The molecule has 3 fully saturated rings. The van der Waals surface area contributed by atoms with Gasteiger partial charge >= 0.3 is 0 Å². The van der Waals surface area contributed by atoms with Crippen LogP contribution in [0.2, 0.25) is 0 Å². The summed E-state index contributed by atoms with van der Waals surface area (Å²) >= 11 is 0. The number of carbonyl (C=O) groups excluding carboxylic acids is 2. The van der Waals surface area contributed by atoms with Crippen LogP contribution in [0.1, 0.15) is 43.0 Å². The van der Waals surface area contributed by atoms with Crippen LogP contribution in [-0.2, 0) is 4.79 Å². The van der Waals surface area contributed by atoms with Crippen LogP contribution in [0.15, 0.2) is 42.6 Å². The van der Waals surface area contributed by atoms with Crippen LogP contribution in [0.4, 0.5) is 4.39 Å². The first-order valence-corrected chi connectivity index (χ1v) is 11.3. The largest absolute Gasteiger partial charge is 0.349 e. The molecule has 0 unspecified atom stereocenters. The predicted molar refractivity (Wildman–Crippen MR) is 116 cm³/mol. The van der Waals surface area contributed by atoms with E-state index in [2.05, 4.69) is 22.1 Å². The average Bonchev–Trinajstić information content (AvgIpc) is 3.19. The van der Waals surface area contributed by atoms with Crippen molar-refractivity contribution >= 4 is 11.8 Å². The van der Waals surface area contributed by atoms with Crippen molar-refractivity contribution in [2.45, 2.75) is 38.6 Å². The standard InChI is InChI=1S/C25H28FN3O2/c1-15-21-13-29(14-22(15)21)25(31)16-5-8-20(9-6-16)28-24(30)18-7-10-23(27-12-18)17-3-2-4-19(26)11-17/h2-4,7,10-12,15-16,20-22H,5-6,8-9,13-14H2,1H3,(H,28,30)/t15-,16-,20-,21-,22+. The topological polar surface area (TPSA) is 62.3 Å². The van der Waals surface area contributed by atoms with Gasteiger partial charge in [-0.05, 0) is 67.7 Å². The van der Waals surface area contributed by atoms with Gasteiger partial charge in [-0.15, -0.1) is 0 Å². The molecule has 6 heteroatoms. The number of amides is 2. The lowest BCUT2D eigenvalue weighted by atomic mass is 9.85. The molecule has 2 aromatic rings. The molecule has 1 aromatic carbocycles. The number of nitrogens with one attached hydrogen (secondary N) is 1. The van der Waals surface area contributed by atoms with Gasteiger partial charge in [0.2, 0.25) is 5.91 Å². The van der Waals surface area contributed by atoms with E-state index in [0.29, 0.717) is 22.7 Å². The molecule has 2 heterocycles. The SMILES string of the molecule is C[C@@H]1[C@H]2CN(C(=O)[C@H]3CC[C@H](NC(=O)c4ccc(-c5cccc(F)c5)nc4)CC3)C[C@@H]12. The van der Waals surface area contributed by atoms with Gasteiger partial charge in [0, 0.05) is 36.8 Å². The van der Waals surface area contributed by atoms with Crippen LogP contribution >= 0.6 is 0 Å². The number of fused-ring (bicyclic) bond motifs is 1. The van der Waals surface area contributed by atoms with E-state index in [4.69, 9.17) is 0 Å². The van der Waals surface area contributed by atoms with Crippen molar-refractivity contribution in [1.29, 1.82) is 0 Å². The summed E-state index contributed by atoms with van der Waals surface area (Å²) in [5.41, 5.74) is 1.80. The van der Waals surface area contributed by atoms with Gasteiger partial charge in [0.15, 0.2) is 0 Å². The fourth-order valence-electron chi connectivity index (χ4n) is 5.36. The number of likely N-dealkylation sites (tertiary alicyclic amines) is 1. The number of carbonyl (C=O) groups is 2. The van der Waals surface area contributed by atoms with Crippen molar-refractivity contribution in [3.63, 3.8) is 0 Å². The molecule has 31 heavy (non-hydrogen) atoms. The molecule has 162 valence electrons. The fraction of sp³-hybridized carbons (Fsp3) is 0.480. The third kappa shape index (κ3) is 4.08. The molecule has 2 amide bonds. The lowest BCUT2D eigenvalue weighted by Gasteiger charge is -2.31. The Labute approximate surface area is 182 Å². The number of aromatic nitrogens is 1. The minimum Gasteiger partial charge on any atom is -0.349 e. The molecule has 1 N–H and O–H groups in total. The van der Waals surface area contributed by atoms with E-state index in [9.17, 15) is 14.0 Å². The number of nitrogens with zero attached hydrogens (tertiary/aromatic N) is 2. The van der Waals surface area contributed by atoms with Crippen LogP contribution in [0, 0.1) is 29.5 Å². The van der Waals surface area contributed by atoms with Crippen molar-refractivity contribution in [3.8, 4) is 11.3 Å². The van der Waals surface area contributed by atoms with Crippen LogP contribution < -0.4 is 5.32 Å².